The topological polar surface area (TPSA) is 15.3 Å². The average molecular weight is 254 g/mol. The van der Waals surface area contributed by atoms with Gasteiger partial charge >= 0.3 is 0 Å². The molecule has 0 bridgehead atoms. The van der Waals surface area contributed by atoms with E-state index >= 15 is 0 Å². The molecule has 1 heterocycles. The molecule has 1 aliphatic rings. The zero-order valence-corrected chi connectivity index (χ0v) is 13.0. The van der Waals surface area contributed by atoms with Crippen molar-refractivity contribution < 1.29 is 0 Å². The molecule has 0 amide bonds. The van der Waals surface area contributed by atoms with Gasteiger partial charge in [-0.2, -0.15) is 0 Å². The molecular weight excluding hydrogens is 220 g/mol. The van der Waals surface area contributed by atoms with Gasteiger partial charge in [-0.1, -0.05) is 34.1 Å². The van der Waals surface area contributed by atoms with Gasteiger partial charge in [-0.15, -0.1) is 0 Å². The predicted molar refractivity (Wildman–Crippen MR) is 81.0 cm³/mol. The van der Waals surface area contributed by atoms with Gasteiger partial charge in [0.2, 0.25) is 0 Å². The van der Waals surface area contributed by atoms with Crippen molar-refractivity contribution in [3.63, 3.8) is 0 Å². The fraction of sp³-hybridized carbons (Fsp3) is 1.00. The van der Waals surface area contributed by atoms with Crippen LogP contribution in [0, 0.1) is 11.8 Å². The quantitative estimate of drug-likeness (QED) is 0.748. The van der Waals surface area contributed by atoms with E-state index in [1.165, 1.54) is 51.7 Å². The van der Waals surface area contributed by atoms with Gasteiger partial charge < -0.3 is 10.2 Å². The van der Waals surface area contributed by atoms with Crippen molar-refractivity contribution in [1.82, 2.24) is 10.2 Å². The van der Waals surface area contributed by atoms with E-state index in [1.54, 1.807) is 0 Å². The van der Waals surface area contributed by atoms with Gasteiger partial charge in [-0.05, 0) is 57.2 Å². The third-order valence-corrected chi connectivity index (χ3v) is 4.43. The van der Waals surface area contributed by atoms with Crippen molar-refractivity contribution in [3.8, 4) is 0 Å². The Morgan fingerprint density at radius 3 is 2.56 bits per heavy atom. The van der Waals surface area contributed by atoms with Crippen LogP contribution in [0.15, 0.2) is 0 Å². The van der Waals surface area contributed by atoms with E-state index < -0.39 is 0 Å². The van der Waals surface area contributed by atoms with Crippen molar-refractivity contribution in [2.75, 3.05) is 26.2 Å². The number of nitrogens with one attached hydrogen (secondary N) is 1. The second kappa shape index (κ2) is 8.92. The molecule has 2 heteroatoms. The van der Waals surface area contributed by atoms with Gasteiger partial charge in [0, 0.05) is 12.6 Å². The summed E-state index contributed by atoms with van der Waals surface area (Å²) in [4.78, 5) is 2.70. The summed E-state index contributed by atoms with van der Waals surface area (Å²) in [5.41, 5.74) is 0. The van der Waals surface area contributed by atoms with Crippen LogP contribution in [0.1, 0.15) is 59.8 Å². The monoisotopic (exact) mass is 254 g/mol. The number of likely N-dealkylation sites (tertiary alicyclic amines) is 1. The standard InChI is InChI=1S/C16H34N2/c1-5-10-17-16(14(3)4)13-18-11-7-8-15(6-2)9-12-18/h14-17H,5-13H2,1-4H3. The Labute approximate surface area is 115 Å². The molecule has 1 rings (SSSR count). The van der Waals surface area contributed by atoms with Crippen LogP contribution < -0.4 is 5.32 Å². The van der Waals surface area contributed by atoms with Crippen LogP contribution in [0.2, 0.25) is 0 Å². The third-order valence-electron chi connectivity index (χ3n) is 4.43. The largest absolute Gasteiger partial charge is 0.312 e. The lowest BCUT2D eigenvalue weighted by atomic mass is 9.98. The van der Waals surface area contributed by atoms with Crippen LogP contribution in [0.4, 0.5) is 0 Å². The molecule has 18 heavy (non-hydrogen) atoms. The number of rotatable bonds is 7. The highest BCUT2D eigenvalue weighted by atomic mass is 15.1. The molecule has 2 nitrogen and oxygen atoms in total. The first-order chi connectivity index (χ1) is 8.67. The number of nitrogens with zero attached hydrogens (tertiary/aromatic N) is 1. The smallest absolute Gasteiger partial charge is 0.0217 e. The molecule has 1 aliphatic heterocycles. The highest BCUT2D eigenvalue weighted by molar-refractivity contribution is 4.77. The summed E-state index contributed by atoms with van der Waals surface area (Å²) in [5.74, 6) is 1.72. The maximum Gasteiger partial charge on any atom is 0.0217 e. The van der Waals surface area contributed by atoms with Crippen molar-refractivity contribution >= 4 is 0 Å². The molecule has 1 fully saturated rings. The van der Waals surface area contributed by atoms with E-state index in [2.05, 4.69) is 37.9 Å². The molecular formula is C16H34N2. The summed E-state index contributed by atoms with van der Waals surface area (Å²) in [7, 11) is 0. The lowest BCUT2D eigenvalue weighted by Crippen LogP contribution is -2.44. The SMILES string of the molecule is CCCNC(CN1CCCC(CC)CC1)C(C)C. The first-order valence-electron chi connectivity index (χ1n) is 8.13. The average Bonchev–Trinajstić information content (AvgIpc) is 2.59. The van der Waals surface area contributed by atoms with Crippen LogP contribution in [-0.2, 0) is 0 Å². The van der Waals surface area contributed by atoms with Gasteiger partial charge in [0.1, 0.15) is 0 Å². The van der Waals surface area contributed by atoms with Crippen molar-refractivity contribution in [3.05, 3.63) is 0 Å². The molecule has 1 N–H and O–H groups in total. The summed E-state index contributed by atoms with van der Waals surface area (Å²) in [5, 5.41) is 3.72. The Morgan fingerprint density at radius 1 is 1.17 bits per heavy atom. The Hall–Kier alpha value is -0.0800. The molecule has 0 aromatic rings. The predicted octanol–water partition coefficient (Wildman–Crippen LogP) is 3.52. The molecule has 0 spiro atoms. The minimum Gasteiger partial charge on any atom is -0.312 e. The molecule has 108 valence electrons. The number of hydrogen-bond donors (Lipinski definition) is 1. The van der Waals surface area contributed by atoms with Crippen molar-refractivity contribution in [2.24, 2.45) is 11.8 Å². The van der Waals surface area contributed by atoms with E-state index in [0.29, 0.717) is 6.04 Å². The molecule has 1 saturated heterocycles. The van der Waals surface area contributed by atoms with Gasteiger partial charge in [-0.25, -0.2) is 0 Å². The Morgan fingerprint density at radius 2 is 1.94 bits per heavy atom. The maximum absolute atomic E-state index is 3.72. The fourth-order valence-corrected chi connectivity index (χ4v) is 2.93. The van der Waals surface area contributed by atoms with Crippen LogP contribution in [0.5, 0.6) is 0 Å². The minimum absolute atomic E-state index is 0.670. The minimum atomic E-state index is 0.670. The van der Waals surface area contributed by atoms with Crippen molar-refractivity contribution in [1.29, 1.82) is 0 Å². The third kappa shape index (κ3) is 5.71. The van der Waals surface area contributed by atoms with Gasteiger partial charge in [0.25, 0.3) is 0 Å². The normalized spacial score (nSPS) is 24.2. The fourth-order valence-electron chi connectivity index (χ4n) is 2.93. The lowest BCUT2D eigenvalue weighted by molar-refractivity contribution is 0.221. The summed E-state index contributed by atoms with van der Waals surface area (Å²) < 4.78 is 0. The van der Waals surface area contributed by atoms with E-state index in [-0.39, 0.29) is 0 Å². The zero-order chi connectivity index (χ0) is 13.4. The zero-order valence-electron chi connectivity index (χ0n) is 13.0. The van der Waals surface area contributed by atoms with E-state index in [1.807, 2.05) is 0 Å². The summed E-state index contributed by atoms with van der Waals surface area (Å²) in [6.07, 6.45) is 6.87. The summed E-state index contributed by atoms with van der Waals surface area (Å²) >= 11 is 0. The van der Waals surface area contributed by atoms with Crippen LogP contribution in [0.25, 0.3) is 0 Å². The van der Waals surface area contributed by atoms with Crippen molar-refractivity contribution in [2.45, 2.75) is 65.8 Å². The molecule has 0 aromatic heterocycles. The van der Waals surface area contributed by atoms with E-state index in [4.69, 9.17) is 0 Å². The lowest BCUT2D eigenvalue weighted by Gasteiger charge is -2.29. The highest BCUT2D eigenvalue weighted by Gasteiger charge is 2.20. The summed E-state index contributed by atoms with van der Waals surface area (Å²) in [6, 6.07) is 0.670. The molecule has 0 aromatic carbocycles. The van der Waals surface area contributed by atoms with E-state index in [0.717, 1.165) is 18.4 Å². The number of hydrogen-bond acceptors (Lipinski definition) is 2. The Balaban J connectivity index is 2.38. The van der Waals surface area contributed by atoms with Crippen LogP contribution in [0.3, 0.4) is 0 Å². The second-order valence-electron chi connectivity index (χ2n) is 6.31. The molecule has 2 unspecified atom stereocenters. The first-order valence-corrected chi connectivity index (χ1v) is 8.13. The first kappa shape index (κ1) is 16.0. The van der Waals surface area contributed by atoms with Gasteiger partial charge in [-0.3, -0.25) is 0 Å². The maximum atomic E-state index is 3.72. The molecule has 2 atom stereocenters. The van der Waals surface area contributed by atoms with Gasteiger partial charge in [0.05, 0.1) is 0 Å². The van der Waals surface area contributed by atoms with Crippen LogP contribution in [-0.4, -0.2) is 37.1 Å². The molecule has 0 saturated carbocycles. The Bertz CT molecular complexity index is 203. The molecule has 0 aliphatic carbocycles. The Kier molecular flexibility index (Phi) is 7.92. The molecule has 0 radical (unpaired) electrons. The van der Waals surface area contributed by atoms with Crippen LogP contribution >= 0.6 is 0 Å². The van der Waals surface area contributed by atoms with Gasteiger partial charge in [0.15, 0.2) is 0 Å². The van der Waals surface area contributed by atoms with E-state index in [9.17, 15) is 0 Å². The summed E-state index contributed by atoms with van der Waals surface area (Å²) in [6.45, 7) is 14.3. The highest BCUT2D eigenvalue weighted by Crippen LogP contribution is 2.20. The second-order valence-corrected chi connectivity index (χ2v) is 6.31.